The van der Waals surface area contributed by atoms with Gasteiger partial charge in [0.1, 0.15) is 0 Å². The number of fused-ring (bicyclic) bond motifs is 2. The van der Waals surface area contributed by atoms with E-state index >= 15 is 0 Å². The lowest BCUT2D eigenvalue weighted by molar-refractivity contribution is -0.125. The van der Waals surface area contributed by atoms with Gasteiger partial charge in [-0.1, -0.05) is 37.5 Å². The van der Waals surface area contributed by atoms with Crippen LogP contribution in [0.1, 0.15) is 37.8 Å². The van der Waals surface area contributed by atoms with Gasteiger partial charge in [-0.3, -0.25) is 9.69 Å². The van der Waals surface area contributed by atoms with Crippen LogP contribution in [0.25, 0.3) is 16.5 Å². The molecule has 1 aromatic heterocycles. The summed E-state index contributed by atoms with van der Waals surface area (Å²) in [6.07, 6.45) is 13.0. The van der Waals surface area contributed by atoms with Crippen LogP contribution in [0.15, 0.2) is 30.5 Å². The van der Waals surface area contributed by atoms with Crippen LogP contribution in [-0.4, -0.2) is 41.0 Å². The molecule has 1 amide bonds. The first-order valence-electron chi connectivity index (χ1n) is 9.91. The number of carbonyl (C=O) groups is 1. The van der Waals surface area contributed by atoms with Crippen molar-refractivity contribution in [2.24, 2.45) is 5.92 Å². The van der Waals surface area contributed by atoms with Gasteiger partial charge in [-0.2, -0.15) is 0 Å². The number of aromatic nitrogens is 1. The molecule has 4 nitrogen and oxygen atoms in total. The molecule has 27 heavy (non-hydrogen) atoms. The molecule has 0 unspecified atom stereocenters. The maximum Gasteiger partial charge on any atom is 0.228 e. The molecular formula is C23H27N3O. The Hall–Kier alpha value is -2.51. The molecule has 0 bridgehead atoms. The molecule has 2 aliphatic rings. The Balaban J connectivity index is 1.72. The average Bonchev–Trinajstić information content (AvgIpc) is 3.07. The number of aromatic amines is 1. The summed E-state index contributed by atoms with van der Waals surface area (Å²) >= 11 is 0. The summed E-state index contributed by atoms with van der Waals surface area (Å²) in [4.78, 5) is 18.6. The van der Waals surface area contributed by atoms with Crippen LogP contribution in [0.4, 0.5) is 0 Å². The zero-order chi connectivity index (χ0) is 19.0. The van der Waals surface area contributed by atoms with E-state index in [-0.39, 0.29) is 23.9 Å². The molecule has 1 aromatic carbocycles. The zero-order valence-corrected chi connectivity index (χ0v) is 16.1. The van der Waals surface area contributed by atoms with Crippen molar-refractivity contribution in [3.8, 4) is 12.3 Å². The normalized spacial score (nSPS) is 22.6. The van der Waals surface area contributed by atoms with Gasteiger partial charge in [0.2, 0.25) is 5.91 Å². The predicted octanol–water partition coefficient (Wildman–Crippen LogP) is 3.35. The summed E-state index contributed by atoms with van der Waals surface area (Å²) < 4.78 is 0. The number of rotatable bonds is 5. The average molecular weight is 361 g/mol. The van der Waals surface area contributed by atoms with Crippen molar-refractivity contribution >= 4 is 22.4 Å². The van der Waals surface area contributed by atoms with Gasteiger partial charge in [0.05, 0.1) is 12.5 Å². The molecule has 0 fully saturated rings. The standard InChI is InChI=1S/C23H27N3O/c1-4-7-15(3)25-23(27)17-11-19-18-8-6-9-20-22(18)16(13-24-20)12-21(19)26(14-17)10-5-2/h2,6,8-9,11,13,15,17,21,24H,4,7,10,12,14H2,1,3H3,(H,25,27)/t15-,17-,21-/m1/s1. The lowest BCUT2D eigenvalue weighted by atomic mass is 9.79. The molecule has 0 saturated heterocycles. The van der Waals surface area contributed by atoms with Crippen LogP contribution in [0, 0.1) is 18.3 Å². The molecule has 0 spiro atoms. The number of amides is 1. The number of nitrogens with one attached hydrogen (secondary N) is 2. The van der Waals surface area contributed by atoms with Gasteiger partial charge in [-0.15, -0.1) is 6.42 Å². The number of carbonyl (C=O) groups excluding carboxylic acids is 1. The zero-order valence-electron chi connectivity index (χ0n) is 16.1. The highest BCUT2D eigenvalue weighted by atomic mass is 16.2. The number of terminal acetylenes is 1. The lowest BCUT2D eigenvalue weighted by Crippen LogP contribution is -2.49. The molecular weight excluding hydrogens is 334 g/mol. The predicted molar refractivity (Wildman–Crippen MR) is 110 cm³/mol. The van der Waals surface area contributed by atoms with Gasteiger partial charge < -0.3 is 10.3 Å². The number of hydrogen-bond acceptors (Lipinski definition) is 2. The third-order valence-corrected chi connectivity index (χ3v) is 5.86. The molecule has 2 heterocycles. The van der Waals surface area contributed by atoms with Crippen molar-refractivity contribution in [2.75, 3.05) is 13.1 Å². The Bertz CT molecular complexity index is 933. The summed E-state index contributed by atoms with van der Waals surface area (Å²) in [5, 5.41) is 4.47. The Labute approximate surface area is 161 Å². The fraction of sp³-hybridized carbons (Fsp3) is 0.435. The molecule has 1 aliphatic carbocycles. The topological polar surface area (TPSA) is 48.1 Å². The van der Waals surface area contributed by atoms with Crippen molar-refractivity contribution in [2.45, 2.75) is 45.2 Å². The monoisotopic (exact) mass is 361 g/mol. The molecule has 2 N–H and O–H groups in total. The molecule has 4 heteroatoms. The summed E-state index contributed by atoms with van der Waals surface area (Å²) in [7, 11) is 0. The van der Waals surface area contributed by atoms with Crippen molar-refractivity contribution < 1.29 is 4.79 Å². The van der Waals surface area contributed by atoms with Crippen LogP contribution in [0.2, 0.25) is 0 Å². The van der Waals surface area contributed by atoms with Crippen molar-refractivity contribution in [3.05, 3.63) is 41.6 Å². The van der Waals surface area contributed by atoms with Gasteiger partial charge in [0.15, 0.2) is 0 Å². The van der Waals surface area contributed by atoms with E-state index in [9.17, 15) is 4.79 Å². The first-order chi connectivity index (χ1) is 13.1. The summed E-state index contributed by atoms with van der Waals surface area (Å²) in [5.41, 5.74) is 4.98. The minimum Gasteiger partial charge on any atom is -0.361 e. The fourth-order valence-corrected chi connectivity index (χ4v) is 4.64. The highest BCUT2D eigenvalue weighted by Gasteiger charge is 2.37. The maximum absolute atomic E-state index is 12.9. The minimum absolute atomic E-state index is 0.107. The summed E-state index contributed by atoms with van der Waals surface area (Å²) in [5.74, 6) is 2.73. The van der Waals surface area contributed by atoms with Crippen LogP contribution in [0.3, 0.4) is 0 Å². The second kappa shape index (κ2) is 7.25. The molecule has 3 atom stereocenters. The summed E-state index contributed by atoms with van der Waals surface area (Å²) in [6.45, 7) is 5.46. The van der Waals surface area contributed by atoms with Gasteiger partial charge in [-0.05, 0) is 42.5 Å². The number of hydrogen-bond donors (Lipinski definition) is 2. The van der Waals surface area contributed by atoms with E-state index in [1.807, 2.05) is 0 Å². The summed E-state index contributed by atoms with van der Waals surface area (Å²) in [6, 6.07) is 6.81. The minimum atomic E-state index is -0.167. The highest BCUT2D eigenvalue weighted by molar-refractivity contribution is 5.99. The van der Waals surface area contributed by atoms with Crippen molar-refractivity contribution in [1.82, 2.24) is 15.2 Å². The van der Waals surface area contributed by atoms with Crippen molar-refractivity contribution in [3.63, 3.8) is 0 Å². The van der Waals surface area contributed by atoms with E-state index in [1.54, 1.807) is 0 Å². The van der Waals surface area contributed by atoms with Crippen LogP contribution in [0.5, 0.6) is 0 Å². The van der Waals surface area contributed by atoms with Crippen LogP contribution >= 0.6 is 0 Å². The Morgan fingerprint density at radius 3 is 3.11 bits per heavy atom. The first kappa shape index (κ1) is 17.9. The third kappa shape index (κ3) is 3.17. The maximum atomic E-state index is 12.9. The van der Waals surface area contributed by atoms with Gasteiger partial charge in [-0.25, -0.2) is 0 Å². The Kier molecular flexibility index (Phi) is 4.80. The van der Waals surface area contributed by atoms with Crippen LogP contribution < -0.4 is 5.32 Å². The Morgan fingerprint density at radius 2 is 2.33 bits per heavy atom. The van der Waals surface area contributed by atoms with E-state index in [1.165, 1.54) is 22.1 Å². The number of nitrogens with zero attached hydrogens (tertiary/aromatic N) is 1. The Morgan fingerprint density at radius 1 is 1.48 bits per heavy atom. The number of benzene rings is 1. The van der Waals surface area contributed by atoms with E-state index in [2.05, 4.69) is 65.4 Å². The van der Waals surface area contributed by atoms with E-state index in [0.29, 0.717) is 13.1 Å². The smallest absolute Gasteiger partial charge is 0.228 e. The second-order valence-electron chi connectivity index (χ2n) is 7.82. The van der Waals surface area contributed by atoms with Crippen molar-refractivity contribution in [1.29, 1.82) is 0 Å². The molecule has 1 aliphatic heterocycles. The highest BCUT2D eigenvalue weighted by Crippen LogP contribution is 2.41. The molecule has 2 aromatic rings. The molecule has 0 saturated carbocycles. The molecule has 140 valence electrons. The first-order valence-corrected chi connectivity index (χ1v) is 9.91. The van der Waals surface area contributed by atoms with E-state index in [4.69, 9.17) is 6.42 Å². The second-order valence-corrected chi connectivity index (χ2v) is 7.82. The quantitative estimate of drug-likeness (QED) is 0.803. The fourth-order valence-electron chi connectivity index (χ4n) is 4.64. The third-order valence-electron chi connectivity index (χ3n) is 5.86. The van der Waals surface area contributed by atoms with E-state index < -0.39 is 0 Å². The van der Waals surface area contributed by atoms with E-state index in [0.717, 1.165) is 24.8 Å². The number of H-pyrrole nitrogens is 1. The molecule has 4 rings (SSSR count). The van der Waals surface area contributed by atoms with Gasteiger partial charge in [0.25, 0.3) is 0 Å². The largest absolute Gasteiger partial charge is 0.361 e. The van der Waals surface area contributed by atoms with Gasteiger partial charge >= 0.3 is 0 Å². The SMILES string of the molecule is C#CCN1C[C@H](C(=O)N[C@H](C)CCC)C=C2c3cccc4[nH]cc(c34)C[C@H]21. The molecule has 0 radical (unpaired) electrons. The lowest BCUT2D eigenvalue weighted by Gasteiger charge is -2.40. The van der Waals surface area contributed by atoms with Crippen LogP contribution in [-0.2, 0) is 11.2 Å². The van der Waals surface area contributed by atoms with Gasteiger partial charge in [0, 0.05) is 35.7 Å².